The maximum Gasteiger partial charge on any atom is 0.0897 e. The van der Waals surface area contributed by atoms with Crippen LogP contribution in [0.1, 0.15) is 40.5 Å². The minimum absolute atomic E-state index is 0.209. The molecule has 0 aliphatic carbocycles. The number of rotatable bonds is 8. The van der Waals surface area contributed by atoms with Gasteiger partial charge in [0.2, 0.25) is 0 Å². The van der Waals surface area contributed by atoms with Gasteiger partial charge in [-0.3, -0.25) is 0 Å². The molecule has 2 atom stereocenters. The third-order valence-electron chi connectivity index (χ3n) is 2.21. The molecule has 0 amide bonds. The molecule has 0 fully saturated rings. The summed E-state index contributed by atoms with van der Waals surface area (Å²) in [6.07, 6.45) is 0.772. The summed E-state index contributed by atoms with van der Waals surface area (Å²) in [6, 6.07) is 0. The minimum atomic E-state index is -0.488. The number of nitrogens with one attached hydrogen (secondary N) is 1. The highest BCUT2D eigenvalue weighted by Gasteiger charge is 2.13. The highest BCUT2D eigenvalue weighted by atomic mass is 16.5. The topological polar surface area (TPSA) is 61.7 Å². The molecular formula is C12H27NO3. The second-order valence-corrected chi connectivity index (χ2v) is 5.13. The van der Waals surface area contributed by atoms with Gasteiger partial charge in [-0.15, -0.1) is 0 Å². The van der Waals surface area contributed by atoms with E-state index in [1.54, 1.807) is 0 Å². The molecule has 0 aliphatic heterocycles. The highest BCUT2D eigenvalue weighted by molar-refractivity contribution is 4.64. The van der Waals surface area contributed by atoms with Gasteiger partial charge in [-0.25, -0.2) is 0 Å². The zero-order chi connectivity index (χ0) is 12.6. The zero-order valence-corrected chi connectivity index (χ0v) is 11.0. The van der Waals surface area contributed by atoms with Crippen molar-refractivity contribution in [3.63, 3.8) is 0 Å². The van der Waals surface area contributed by atoms with Gasteiger partial charge in [0.05, 0.1) is 24.4 Å². The summed E-state index contributed by atoms with van der Waals surface area (Å²) in [4.78, 5) is 0. The van der Waals surface area contributed by atoms with Crippen LogP contribution in [0.5, 0.6) is 0 Å². The Morgan fingerprint density at radius 1 is 1.19 bits per heavy atom. The molecule has 0 saturated carbocycles. The van der Waals surface area contributed by atoms with Crippen LogP contribution >= 0.6 is 0 Å². The van der Waals surface area contributed by atoms with Crippen LogP contribution < -0.4 is 5.32 Å². The fourth-order valence-corrected chi connectivity index (χ4v) is 1.15. The van der Waals surface area contributed by atoms with E-state index in [1.807, 2.05) is 27.7 Å². The van der Waals surface area contributed by atoms with Crippen molar-refractivity contribution < 1.29 is 14.9 Å². The van der Waals surface area contributed by atoms with Crippen molar-refractivity contribution >= 4 is 0 Å². The molecule has 0 rings (SSSR count). The second-order valence-electron chi connectivity index (χ2n) is 5.13. The number of ether oxygens (including phenoxy) is 1. The van der Waals surface area contributed by atoms with Crippen LogP contribution in [-0.4, -0.2) is 47.7 Å². The maximum absolute atomic E-state index is 9.58. The Bertz CT molecular complexity index is 168. The van der Waals surface area contributed by atoms with Gasteiger partial charge in [0.1, 0.15) is 0 Å². The van der Waals surface area contributed by atoms with Gasteiger partial charge in [0, 0.05) is 6.54 Å². The van der Waals surface area contributed by atoms with Crippen LogP contribution in [-0.2, 0) is 4.74 Å². The van der Waals surface area contributed by atoms with Gasteiger partial charge in [0.25, 0.3) is 0 Å². The summed E-state index contributed by atoms with van der Waals surface area (Å²) in [6.45, 7) is 9.41. The summed E-state index contributed by atoms with van der Waals surface area (Å²) in [5.74, 6) is 0. The van der Waals surface area contributed by atoms with Crippen LogP contribution in [0.4, 0.5) is 0 Å². The van der Waals surface area contributed by atoms with E-state index in [0.29, 0.717) is 13.2 Å². The van der Waals surface area contributed by atoms with Gasteiger partial charge in [-0.05, 0) is 40.2 Å². The molecule has 98 valence electrons. The molecule has 3 N–H and O–H groups in total. The zero-order valence-electron chi connectivity index (χ0n) is 11.0. The third kappa shape index (κ3) is 10.4. The van der Waals surface area contributed by atoms with E-state index in [9.17, 15) is 10.2 Å². The summed E-state index contributed by atoms with van der Waals surface area (Å²) in [5.41, 5.74) is -0.209. The molecule has 0 heterocycles. The van der Waals surface area contributed by atoms with Crippen LogP contribution in [0.25, 0.3) is 0 Å². The van der Waals surface area contributed by atoms with E-state index in [4.69, 9.17) is 4.74 Å². The fourth-order valence-electron chi connectivity index (χ4n) is 1.15. The number of hydrogen-bond donors (Lipinski definition) is 3. The Morgan fingerprint density at radius 3 is 2.31 bits per heavy atom. The standard InChI is InChI=1S/C12H27NO3/c1-5-10(14)6-7-13-8-11(15)9-16-12(2,3)4/h10-11,13-15H,5-9H2,1-4H3. The molecule has 0 bridgehead atoms. The first-order chi connectivity index (χ1) is 7.35. The molecule has 0 aromatic heterocycles. The van der Waals surface area contributed by atoms with Crippen molar-refractivity contribution in [2.45, 2.75) is 58.3 Å². The Kier molecular flexibility index (Phi) is 7.93. The monoisotopic (exact) mass is 233 g/mol. The molecule has 4 heteroatoms. The largest absolute Gasteiger partial charge is 0.393 e. The number of aliphatic hydroxyl groups excluding tert-OH is 2. The molecule has 2 unspecified atom stereocenters. The van der Waals surface area contributed by atoms with Crippen molar-refractivity contribution in [2.24, 2.45) is 0 Å². The Morgan fingerprint density at radius 2 is 1.81 bits per heavy atom. The smallest absolute Gasteiger partial charge is 0.0897 e. The highest BCUT2D eigenvalue weighted by Crippen LogP contribution is 2.06. The Balaban J connectivity index is 3.40. The average Bonchev–Trinajstić information content (AvgIpc) is 2.20. The molecule has 0 saturated heterocycles. The van der Waals surface area contributed by atoms with Crippen molar-refractivity contribution in [3.8, 4) is 0 Å². The number of aliphatic hydroxyl groups is 2. The first-order valence-corrected chi connectivity index (χ1v) is 6.06. The molecule has 0 aromatic carbocycles. The number of hydrogen-bond acceptors (Lipinski definition) is 4. The summed E-state index contributed by atoms with van der Waals surface area (Å²) >= 11 is 0. The van der Waals surface area contributed by atoms with E-state index in [-0.39, 0.29) is 11.7 Å². The van der Waals surface area contributed by atoms with Crippen LogP contribution in [0.15, 0.2) is 0 Å². The lowest BCUT2D eigenvalue weighted by molar-refractivity contribution is -0.0479. The molecule has 16 heavy (non-hydrogen) atoms. The predicted molar refractivity (Wildman–Crippen MR) is 65.5 cm³/mol. The lowest BCUT2D eigenvalue weighted by Crippen LogP contribution is -2.34. The van der Waals surface area contributed by atoms with E-state index in [1.165, 1.54) is 0 Å². The van der Waals surface area contributed by atoms with E-state index < -0.39 is 6.10 Å². The molecular weight excluding hydrogens is 206 g/mol. The first kappa shape index (κ1) is 15.8. The third-order valence-corrected chi connectivity index (χ3v) is 2.21. The molecule has 0 aromatic rings. The predicted octanol–water partition coefficient (Wildman–Crippen LogP) is 0.913. The van der Waals surface area contributed by atoms with Crippen molar-refractivity contribution in [3.05, 3.63) is 0 Å². The maximum atomic E-state index is 9.58. The molecule has 4 nitrogen and oxygen atoms in total. The molecule has 0 radical (unpaired) electrons. The minimum Gasteiger partial charge on any atom is -0.393 e. The van der Waals surface area contributed by atoms with Crippen LogP contribution in [0.2, 0.25) is 0 Å². The SMILES string of the molecule is CCC(O)CCNCC(O)COC(C)(C)C. The summed E-state index contributed by atoms with van der Waals surface area (Å²) in [5, 5.41) is 22.0. The van der Waals surface area contributed by atoms with Crippen molar-refractivity contribution in [1.29, 1.82) is 0 Å². The second kappa shape index (κ2) is 8.01. The fraction of sp³-hybridized carbons (Fsp3) is 1.00. The quantitative estimate of drug-likeness (QED) is 0.545. The van der Waals surface area contributed by atoms with Gasteiger partial charge >= 0.3 is 0 Å². The van der Waals surface area contributed by atoms with Crippen LogP contribution in [0, 0.1) is 0 Å². The molecule has 0 aliphatic rings. The molecule has 0 spiro atoms. The first-order valence-electron chi connectivity index (χ1n) is 6.06. The van der Waals surface area contributed by atoms with E-state index in [0.717, 1.165) is 19.4 Å². The van der Waals surface area contributed by atoms with Crippen molar-refractivity contribution in [1.82, 2.24) is 5.32 Å². The normalized spacial score (nSPS) is 16.1. The Labute approximate surface area is 99.0 Å². The van der Waals surface area contributed by atoms with E-state index >= 15 is 0 Å². The van der Waals surface area contributed by atoms with Gasteiger partial charge < -0.3 is 20.3 Å². The van der Waals surface area contributed by atoms with E-state index in [2.05, 4.69) is 5.32 Å². The van der Waals surface area contributed by atoms with Crippen molar-refractivity contribution in [2.75, 3.05) is 19.7 Å². The van der Waals surface area contributed by atoms with Gasteiger partial charge in [-0.1, -0.05) is 6.92 Å². The summed E-state index contributed by atoms with van der Waals surface area (Å²) in [7, 11) is 0. The van der Waals surface area contributed by atoms with Gasteiger partial charge in [-0.2, -0.15) is 0 Å². The lowest BCUT2D eigenvalue weighted by atomic mass is 10.2. The summed E-state index contributed by atoms with van der Waals surface area (Å²) < 4.78 is 5.45. The Hall–Kier alpha value is -0.160. The lowest BCUT2D eigenvalue weighted by Gasteiger charge is -2.22. The van der Waals surface area contributed by atoms with Crippen LogP contribution in [0.3, 0.4) is 0 Å². The van der Waals surface area contributed by atoms with Gasteiger partial charge in [0.15, 0.2) is 0 Å². The average molecular weight is 233 g/mol.